The van der Waals surface area contributed by atoms with Crippen LogP contribution in [0, 0.1) is 0 Å². The fraction of sp³-hybridized carbons (Fsp3) is 0.647. The summed E-state index contributed by atoms with van der Waals surface area (Å²) < 4.78 is 5.43. The first-order valence-corrected chi connectivity index (χ1v) is 7.68. The van der Waals surface area contributed by atoms with Gasteiger partial charge in [-0.3, -0.25) is 0 Å². The minimum atomic E-state index is -0.533. The summed E-state index contributed by atoms with van der Waals surface area (Å²) >= 11 is 0. The quantitative estimate of drug-likeness (QED) is 0.776. The first kappa shape index (κ1) is 16.8. The van der Waals surface area contributed by atoms with Crippen LogP contribution in [0.15, 0.2) is 18.2 Å². The van der Waals surface area contributed by atoms with Crippen molar-refractivity contribution in [2.75, 3.05) is 18.6 Å². The Bertz CT molecular complexity index is 404. The van der Waals surface area contributed by atoms with E-state index in [1.54, 1.807) is 14.0 Å². The van der Waals surface area contributed by atoms with Gasteiger partial charge in [-0.1, -0.05) is 26.3 Å². The van der Waals surface area contributed by atoms with E-state index in [4.69, 9.17) is 4.74 Å². The molecule has 0 aliphatic rings. The summed E-state index contributed by atoms with van der Waals surface area (Å²) in [7, 11) is 1.66. The van der Waals surface area contributed by atoms with Gasteiger partial charge in [0.15, 0.2) is 0 Å². The highest BCUT2D eigenvalue weighted by Crippen LogP contribution is 2.35. The first-order chi connectivity index (χ1) is 9.56. The van der Waals surface area contributed by atoms with Gasteiger partial charge in [-0.2, -0.15) is 0 Å². The molecule has 0 saturated carbocycles. The van der Waals surface area contributed by atoms with Crippen LogP contribution in [0.2, 0.25) is 0 Å². The van der Waals surface area contributed by atoms with Crippen molar-refractivity contribution in [2.24, 2.45) is 0 Å². The van der Waals surface area contributed by atoms with Crippen molar-refractivity contribution in [2.45, 2.75) is 59.1 Å². The molecule has 0 aliphatic heterocycles. The second kappa shape index (κ2) is 8.15. The summed E-state index contributed by atoms with van der Waals surface area (Å²) in [6.07, 6.45) is 2.87. The third-order valence-electron chi connectivity index (χ3n) is 3.87. The molecule has 0 spiro atoms. The maximum absolute atomic E-state index is 10.1. The second-order valence-electron chi connectivity index (χ2n) is 5.37. The molecular formula is C17H29NO2. The fourth-order valence-corrected chi connectivity index (χ4v) is 2.51. The van der Waals surface area contributed by atoms with E-state index in [0.717, 1.165) is 36.4 Å². The van der Waals surface area contributed by atoms with Crippen molar-refractivity contribution < 1.29 is 9.84 Å². The monoisotopic (exact) mass is 279 g/mol. The van der Waals surface area contributed by atoms with Gasteiger partial charge < -0.3 is 14.7 Å². The van der Waals surface area contributed by atoms with Crippen LogP contribution in [0.25, 0.3) is 0 Å². The number of methoxy groups -OCH3 is 1. The van der Waals surface area contributed by atoms with Crippen LogP contribution < -0.4 is 9.64 Å². The van der Waals surface area contributed by atoms with Gasteiger partial charge in [-0.15, -0.1) is 0 Å². The molecule has 2 atom stereocenters. The number of ether oxygens (including phenoxy) is 1. The molecule has 3 nitrogen and oxygen atoms in total. The number of hydrogen-bond acceptors (Lipinski definition) is 3. The lowest BCUT2D eigenvalue weighted by Gasteiger charge is -2.33. The Kier molecular flexibility index (Phi) is 6.86. The first-order valence-electron chi connectivity index (χ1n) is 7.68. The number of anilines is 1. The number of rotatable bonds is 8. The van der Waals surface area contributed by atoms with Gasteiger partial charge >= 0.3 is 0 Å². The third kappa shape index (κ3) is 3.89. The zero-order valence-corrected chi connectivity index (χ0v) is 13.5. The molecule has 0 amide bonds. The van der Waals surface area contributed by atoms with Gasteiger partial charge in [0.25, 0.3) is 0 Å². The lowest BCUT2D eigenvalue weighted by atomic mass is 10.0. The normalized spacial score (nSPS) is 13.9. The highest BCUT2D eigenvalue weighted by Gasteiger charge is 2.21. The molecule has 0 fully saturated rings. The van der Waals surface area contributed by atoms with E-state index in [2.05, 4.69) is 31.7 Å². The molecule has 1 aromatic carbocycles. The van der Waals surface area contributed by atoms with Crippen LogP contribution in [-0.4, -0.2) is 24.8 Å². The van der Waals surface area contributed by atoms with Crippen molar-refractivity contribution >= 4 is 5.69 Å². The van der Waals surface area contributed by atoms with Gasteiger partial charge in [0.1, 0.15) is 5.75 Å². The van der Waals surface area contributed by atoms with Gasteiger partial charge in [0.2, 0.25) is 0 Å². The zero-order valence-electron chi connectivity index (χ0n) is 13.5. The van der Waals surface area contributed by atoms with Crippen LogP contribution in [-0.2, 0) is 0 Å². The van der Waals surface area contributed by atoms with Crippen LogP contribution in [0.4, 0.5) is 5.69 Å². The Morgan fingerprint density at radius 1 is 1.25 bits per heavy atom. The largest absolute Gasteiger partial charge is 0.496 e. The summed E-state index contributed by atoms with van der Waals surface area (Å²) in [4.78, 5) is 2.40. The van der Waals surface area contributed by atoms with Crippen molar-refractivity contribution in [1.82, 2.24) is 0 Å². The van der Waals surface area contributed by atoms with E-state index in [-0.39, 0.29) is 0 Å². The van der Waals surface area contributed by atoms with E-state index in [9.17, 15) is 5.11 Å². The number of aliphatic hydroxyl groups excluding tert-OH is 1. The minimum absolute atomic E-state index is 0.450. The predicted molar refractivity (Wildman–Crippen MR) is 85.6 cm³/mol. The molecule has 1 unspecified atom stereocenters. The summed E-state index contributed by atoms with van der Waals surface area (Å²) in [5, 5.41) is 10.1. The van der Waals surface area contributed by atoms with Crippen molar-refractivity contribution in [3.63, 3.8) is 0 Å². The average Bonchev–Trinajstić information content (AvgIpc) is 2.46. The Morgan fingerprint density at radius 3 is 2.45 bits per heavy atom. The van der Waals surface area contributed by atoms with E-state index >= 15 is 0 Å². The molecule has 114 valence electrons. The van der Waals surface area contributed by atoms with Gasteiger partial charge in [-0.05, 0) is 38.8 Å². The summed E-state index contributed by atoms with van der Waals surface area (Å²) in [6, 6.07) is 6.46. The van der Waals surface area contributed by atoms with Crippen LogP contribution >= 0.6 is 0 Å². The van der Waals surface area contributed by atoms with Crippen LogP contribution in [0.3, 0.4) is 0 Å². The average molecular weight is 279 g/mol. The molecule has 0 aromatic heterocycles. The molecule has 1 aromatic rings. The molecule has 0 radical (unpaired) electrons. The minimum Gasteiger partial charge on any atom is -0.496 e. The molecule has 0 bridgehead atoms. The van der Waals surface area contributed by atoms with E-state index < -0.39 is 6.10 Å². The Labute approximate surface area is 123 Å². The highest BCUT2D eigenvalue weighted by atomic mass is 16.5. The van der Waals surface area contributed by atoms with Crippen LogP contribution in [0.5, 0.6) is 5.75 Å². The van der Waals surface area contributed by atoms with Gasteiger partial charge in [0, 0.05) is 23.8 Å². The molecule has 20 heavy (non-hydrogen) atoms. The smallest absolute Gasteiger partial charge is 0.126 e. The molecule has 1 N–H and O–H groups in total. The zero-order chi connectivity index (χ0) is 15.1. The number of unbranched alkanes of at least 4 members (excludes halogenated alkanes) is 1. The fourth-order valence-electron chi connectivity index (χ4n) is 2.51. The van der Waals surface area contributed by atoms with E-state index in [0.29, 0.717) is 6.04 Å². The van der Waals surface area contributed by atoms with Crippen molar-refractivity contribution in [1.29, 1.82) is 0 Å². The number of nitrogens with zero attached hydrogens (tertiary/aromatic N) is 1. The van der Waals surface area contributed by atoms with Gasteiger partial charge in [0.05, 0.1) is 13.2 Å². The maximum atomic E-state index is 10.1. The number of hydrogen-bond donors (Lipinski definition) is 1. The number of benzene rings is 1. The molecule has 3 heteroatoms. The summed E-state index contributed by atoms with van der Waals surface area (Å²) in [5.74, 6) is 0.766. The Morgan fingerprint density at radius 2 is 1.95 bits per heavy atom. The molecule has 0 aliphatic carbocycles. The third-order valence-corrected chi connectivity index (χ3v) is 3.87. The van der Waals surface area contributed by atoms with Gasteiger partial charge in [-0.25, -0.2) is 0 Å². The topological polar surface area (TPSA) is 32.7 Å². The van der Waals surface area contributed by atoms with Crippen molar-refractivity contribution in [3.05, 3.63) is 23.8 Å². The standard InChI is InChI=1S/C17H29NO2/c1-6-8-12-18(13(3)7-2)15-10-9-11-16(20-5)17(15)14(4)19/h9-11,13-14,19H,6-8,12H2,1-5H3/t13?,14-/m0/s1. The highest BCUT2D eigenvalue weighted by molar-refractivity contribution is 5.61. The predicted octanol–water partition coefficient (Wildman–Crippen LogP) is 4.15. The maximum Gasteiger partial charge on any atom is 0.126 e. The summed E-state index contributed by atoms with van der Waals surface area (Å²) in [5.41, 5.74) is 1.99. The molecular weight excluding hydrogens is 250 g/mol. The lowest BCUT2D eigenvalue weighted by molar-refractivity contribution is 0.194. The molecule has 0 heterocycles. The summed E-state index contributed by atoms with van der Waals surface area (Å²) in [6.45, 7) is 9.46. The Balaban J connectivity index is 3.24. The SMILES string of the molecule is CCCCN(c1cccc(OC)c1[C@H](C)O)C(C)CC. The van der Waals surface area contributed by atoms with E-state index in [1.807, 2.05) is 12.1 Å². The lowest BCUT2D eigenvalue weighted by Crippen LogP contribution is -2.34. The van der Waals surface area contributed by atoms with E-state index in [1.165, 1.54) is 6.42 Å². The number of aliphatic hydroxyl groups is 1. The van der Waals surface area contributed by atoms with Crippen molar-refractivity contribution in [3.8, 4) is 5.75 Å². The second-order valence-corrected chi connectivity index (χ2v) is 5.37. The van der Waals surface area contributed by atoms with Crippen LogP contribution in [0.1, 0.15) is 58.6 Å². The Hall–Kier alpha value is -1.22. The molecule has 1 rings (SSSR count). The molecule has 0 saturated heterocycles.